The standard InChI is InChI=1S/C32H39N3O6S/c1-23(2)20-33-32(37)28(18-25-8-6-5-7-9-25)34(21-26-12-10-24(3)11-13-26)31(36)22-35(42(4,38)39)27-14-15-29-30(19-27)41-17-16-40-29/h5-15,19,23,28H,16-18,20-22H2,1-4H3,(H,33,37)/t28-/m1/s1. The maximum atomic E-state index is 14.2. The number of nitrogens with one attached hydrogen (secondary N) is 1. The maximum Gasteiger partial charge on any atom is 0.244 e. The van der Waals surface area contributed by atoms with E-state index in [-0.39, 0.29) is 30.5 Å². The van der Waals surface area contributed by atoms with Crippen molar-refractivity contribution in [1.29, 1.82) is 0 Å². The second kappa shape index (κ2) is 13.7. The summed E-state index contributed by atoms with van der Waals surface area (Å²) >= 11 is 0. The Labute approximate surface area is 248 Å². The molecule has 0 spiro atoms. The van der Waals surface area contributed by atoms with Crippen LogP contribution in [0, 0.1) is 12.8 Å². The van der Waals surface area contributed by atoms with Crippen LogP contribution in [0.5, 0.6) is 11.5 Å². The van der Waals surface area contributed by atoms with E-state index in [1.807, 2.05) is 75.4 Å². The molecule has 1 atom stereocenters. The van der Waals surface area contributed by atoms with Crippen LogP contribution in [0.25, 0.3) is 0 Å². The smallest absolute Gasteiger partial charge is 0.244 e. The Morgan fingerprint density at radius 1 is 0.905 bits per heavy atom. The fourth-order valence-electron chi connectivity index (χ4n) is 4.67. The second-order valence-electron chi connectivity index (χ2n) is 10.9. The normalized spacial score (nSPS) is 13.4. The van der Waals surface area contributed by atoms with Gasteiger partial charge in [-0.25, -0.2) is 8.42 Å². The number of benzene rings is 3. The molecule has 2 amide bonds. The molecule has 224 valence electrons. The lowest BCUT2D eigenvalue weighted by Crippen LogP contribution is -2.53. The molecule has 4 rings (SSSR count). The van der Waals surface area contributed by atoms with Gasteiger partial charge in [-0.15, -0.1) is 0 Å². The van der Waals surface area contributed by atoms with Crippen molar-refractivity contribution in [3.05, 3.63) is 89.5 Å². The van der Waals surface area contributed by atoms with Crippen molar-refractivity contribution in [1.82, 2.24) is 10.2 Å². The first-order chi connectivity index (χ1) is 20.0. The number of carbonyl (C=O) groups is 2. The van der Waals surface area contributed by atoms with Crippen molar-refractivity contribution in [2.24, 2.45) is 5.92 Å². The number of nitrogens with zero attached hydrogens (tertiary/aromatic N) is 2. The van der Waals surface area contributed by atoms with Gasteiger partial charge in [0.05, 0.1) is 11.9 Å². The molecule has 1 N–H and O–H groups in total. The van der Waals surface area contributed by atoms with Crippen LogP contribution in [-0.4, -0.2) is 63.7 Å². The lowest BCUT2D eigenvalue weighted by atomic mass is 10.0. The van der Waals surface area contributed by atoms with Crippen molar-refractivity contribution in [3.63, 3.8) is 0 Å². The molecule has 0 aromatic heterocycles. The molecule has 10 heteroatoms. The zero-order valence-corrected chi connectivity index (χ0v) is 25.4. The highest BCUT2D eigenvalue weighted by atomic mass is 32.2. The number of hydrogen-bond donors (Lipinski definition) is 1. The molecular formula is C32H39N3O6S. The van der Waals surface area contributed by atoms with Gasteiger partial charge in [0, 0.05) is 25.6 Å². The number of sulfonamides is 1. The minimum absolute atomic E-state index is 0.129. The SMILES string of the molecule is Cc1ccc(CN(C(=O)CN(c2ccc3c(c2)OCCO3)S(C)(=O)=O)[C@H](Cc2ccccc2)C(=O)NCC(C)C)cc1. The number of hydrogen-bond acceptors (Lipinski definition) is 6. The van der Waals surface area contributed by atoms with Gasteiger partial charge in [-0.2, -0.15) is 0 Å². The minimum Gasteiger partial charge on any atom is -0.486 e. The van der Waals surface area contributed by atoms with Crippen LogP contribution < -0.4 is 19.1 Å². The monoisotopic (exact) mass is 593 g/mol. The third-order valence-electron chi connectivity index (χ3n) is 6.92. The van der Waals surface area contributed by atoms with Crippen LogP contribution in [0.2, 0.25) is 0 Å². The third-order valence-corrected chi connectivity index (χ3v) is 8.06. The van der Waals surface area contributed by atoms with E-state index in [4.69, 9.17) is 9.47 Å². The van der Waals surface area contributed by atoms with E-state index >= 15 is 0 Å². The predicted molar refractivity (Wildman–Crippen MR) is 163 cm³/mol. The Kier molecular flexibility index (Phi) is 10.1. The Bertz CT molecular complexity index is 1480. The van der Waals surface area contributed by atoms with Crippen LogP contribution in [-0.2, 0) is 32.6 Å². The van der Waals surface area contributed by atoms with Gasteiger partial charge in [-0.1, -0.05) is 74.0 Å². The highest BCUT2D eigenvalue weighted by Gasteiger charge is 2.33. The van der Waals surface area contributed by atoms with Gasteiger partial charge in [0.1, 0.15) is 25.8 Å². The molecule has 1 aliphatic rings. The number of anilines is 1. The first-order valence-electron chi connectivity index (χ1n) is 14.1. The van der Waals surface area contributed by atoms with E-state index in [1.54, 1.807) is 18.2 Å². The van der Waals surface area contributed by atoms with Gasteiger partial charge in [-0.05, 0) is 36.1 Å². The Morgan fingerprint density at radius 2 is 1.57 bits per heavy atom. The lowest BCUT2D eigenvalue weighted by Gasteiger charge is -2.34. The van der Waals surface area contributed by atoms with Gasteiger partial charge in [0.2, 0.25) is 21.8 Å². The molecule has 0 saturated heterocycles. The number of aryl methyl sites for hydroxylation is 1. The van der Waals surface area contributed by atoms with E-state index in [9.17, 15) is 18.0 Å². The summed E-state index contributed by atoms with van der Waals surface area (Å²) in [4.78, 5) is 29.4. The largest absolute Gasteiger partial charge is 0.486 e. The fraction of sp³-hybridized carbons (Fsp3) is 0.375. The molecule has 0 aliphatic carbocycles. The van der Waals surface area contributed by atoms with Crippen LogP contribution in [0.3, 0.4) is 0 Å². The zero-order chi connectivity index (χ0) is 30.3. The van der Waals surface area contributed by atoms with E-state index in [0.29, 0.717) is 31.3 Å². The molecule has 0 unspecified atom stereocenters. The molecule has 9 nitrogen and oxygen atoms in total. The van der Waals surface area contributed by atoms with Crippen LogP contribution in [0.15, 0.2) is 72.8 Å². The van der Waals surface area contributed by atoms with E-state index in [2.05, 4.69) is 5.32 Å². The Hall–Kier alpha value is -4.05. The summed E-state index contributed by atoms with van der Waals surface area (Å²) in [6.45, 7) is 6.79. The van der Waals surface area contributed by atoms with Crippen molar-refractivity contribution in [3.8, 4) is 11.5 Å². The summed E-state index contributed by atoms with van der Waals surface area (Å²) in [5.41, 5.74) is 3.05. The van der Waals surface area contributed by atoms with Crippen molar-refractivity contribution < 1.29 is 27.5 Å². The molecule has 0 radical (unpaired) electrons. The summed E-state index contributed by atoms with van der Waals surface area (Å²) in [7, 11) is -3.89. The average Bonchev–Trinajstić information content (AvgIpc) is 2.97. The number of carbonyl (C=O) groups excluding carboxylic acids is 2. The molecule has 1 heterocycles. The zero-order valence-electron chi connectivity index (χ0n) is 24.6. The maximum absolute atomic E-state index is 14.2. The van der Waals surface area contributed by atoms with Crippen LogP contribution >= 0.6 is 0 Å². The van der Waals surface area contributed by atoms with Crippen LogP contribution in [0.1, 0.15) is 30.5 Å². The molecule has 1 aliphatic heterocycles. The topological polar surface area (TPSA) is 105 Å². The summed E-state index contributed by atoms with van der Waals surface area (Å²) in [5.74, 6) is 0.333. The van der Waals surface area contributed by atoms with Gasteiger partial charge in [0.15, 0.2) is 11.5 Å². The first kappa shape index (κ1) is 30.9. The lowest BCUT2D eigenvalue weighted by molar-refractivity contribution is -0.140. The molecule has 3 aromatic rings. The third kappa shape index (κ3) is 8.25. The van der Waals surface area contributed by atoms with Crippen molar-refractivity contribution >= 4 is 27.5 Å². The average molecular weight is 594 g/mol. The van der Waals surface area contributed by atoms with E-state index in [0.717, 1.165) is 27.3 Å². The summed E-state index contributed by atoms with van der Waals surface area (Å²) in [6.07, 6.45) is 1.32. The minimum atomic E-state index is -3.89. The highest BCUT2D eigenvalue weighted by Crippen LogP contribution is 2.34. The Balaban J connectivity index is 1.71. The number of rotatable bonds is 12. The summed E-state index contributed by atoms with van der Waals surface area (Å²) in [6, 6.07) is 21.1. The van der Waals surface area contributed by atoms with Gasteiger partial charge < -0.3 is 19.7 Å². The van der Waals surface area contributed by atoms with Gasteiger partial charge in [-0.3, -0.25) is 13.9 Å². The Morgan fingerprint density at radius 3 is 2.21 bits per heavy atom. The first-order valence-corrected chi connectivity index (χ1v) is 15.9. The molecular weight excluding hydrogens is 554 g/mol. The fourth-order valence-corrected chi connectivity index (χ4v) is 5.51. The van der Waals surface area contributed by atoms with E-state index in [1.165, 1.54) is 4.90 Å². The van der Waals surface area contributed by atoms with Crippen molar-refractivity contribution in [2.75, 3.05) is 36.9 Å². The molecule has 0 fully saturated rings. The molecule has 0 saturated carbocycles. The number of fused-ring (bicyclic) bond motifs is 1. The molecule has 3 aromatic carbocycles. The quantitative estimate of drug-likeness (QED) is 0.341. The van der Waals surface area contributed by atoms with Crippen LogP contribution in [0.4, 0.5) is 5.69 Å². The summed E-state index contributed by atoms with van der Waals surface area (Å²) in [5, 5.41) is 2.99. The molecule has 42 heavy (non-hydrogen) atoms. The predicted octanol–water partition coefficient (Wildman–Crippen LogP) is 3.94. The number of amides is 2. The molecule has 0 bridgehead atoms. The number of ether oxygens (including phenoxy) is 2. The highest BCUT2D eigenvalue weighted by molar-refractivity contribution is 7.92. The van der Waals surface area contributed by atoms with E-state index < -0.39 is 28.5 Å². The van der Waals surface area contributed by atoms with Crippen molar-refractivity contribution in [2.45, 2.75) is 39.8 Å². The second-order valence-corrected chi connectivity index (χ2v) is 12.9. The van der Waals surface area contributed by atoms with Gasteiger partial charge >= 0.3 is 0 Å². The van der Waals surface area contributed by atoms with Gasteiger partial charge in [0.25, 0.3) is 0 Å². The summed E-state index contributed by atoms with van der Waals surface area (Å²) < 4.78 is 38.3.